The molecule has 1 atom stereocenters. The first-order valence-corrected chi connectivity index (χ1v) is 5.96. The molecule has 0 aliphatic heterocycles. The summed E-state index contributed by atoms with van der Waals surface area (Å²) in [6, 6.07) is 9.80. The van der Waals surface area contributed by atoms with Crippen LogP contribution in [0.4, 0.5) is 5.69 Å². The number of carbonyl (C=O) groups is 1. The average Bonchev–Trinajstić information content (AvgIpc) is 2.35. The Kier molecular flexibility index (Phi) is 3.77. The number of pyridine rings is 1. The van der Waals surface area contributed by atoms with Crippen LogP contribution in [-0.2, 0) is 4.79 Å². The van der Waals surface area contributed by atoms with Gasteiger partial charge in [0.25, 0.3) is 0 Å². The molecule has 1 aromatic carbocycles. The molecule has 0 bridgehead atoms. The maximum atomic E-state index is 10.6. The lowest BCUT2D eigenvalue weighted by Gasteiger charge is -2.13. The highest BCUT2D eigenvalue weighted by atomic mass is 16.4. The summed E-state index contributed by atoms with van der Waals surface area (Å²) in [6.07, 6.45) is 1.93. The average molecular weight is 244 g/mol. The molecular formula is C14H16N2O2. The molecule has 1 heterocycles. The third-order valence-electron chi connectivity index (χ3n) is 2.81. The number of para-hydroxylation sites is 1. The molecule has 0 amide bonds. The Balaban J connectivity index is 2.10. The van der Waals surface area contributed by atoms with Gasteiger partial charge in [0.1, 0.15) is 0 Å². The van der Waals surface area contributed by atoms with Crippen molar-refractivity contribution in [1.82, 2.24) is 4.98 Å². The Hall–Kier alpha value is -2.10. The number of aromatic nitrogens is 1. The molecule has 2 rings (SSSR count). The Morgan fingerprint density at radius 2 is 2.17 bits per heavy atom. The number of nitrogens with one attached hydrogen (secondary N) is 1. The number of rotatable bonds is 5. The highest BCUT2D eigenvalue weighted by Crippen LogP contribution is 2.21. The molecule has 0 saturated heterocycles. The van der Waals surface area contributed by atoms with Crippen molar-refractivity contribution >= 4 is 22.6 Å². The molecule has 18 heavy (non-hydrogen) atoms. The minimum Gasteiger partial charge on any atom is -0.481 e. The largest absolute Gasteiger partial charge is 0.481 e. The summed E-state index contributed by atoms with van der Waals surface area (Å²) in [5.74, 6) is -0.668. The van der Waals surface area contributed by atoms with E-state index in [1.165, 1.54) is 0 Å². The second-order valence-electron chi connectivity index (χ2n) is 4.46. The number of hydrogen-bond donors (Lipinski definition) is 2. The first-order chi connectivity index (χ1) is 8.66. The van der Waals surface area contributed by atoms with Crippen LogP contribution in [0.1, 0.15) is 13.3 Å². The van der Waals surface area contributed by atoms with Gasteiger partial charge >= 0.3 is 5.97 Å². The second kappa shape index (κ2) is 5.49. The van der Waals surface area contributed by atoms with Gasteiger partial charge in [0.2, 0.25) is 0 Å². The number of anilines is 1. The molecule has 2 N–H and O–H groups in total. The summed E-state index contributed by atoms with van der Waals surface area (Å²) in [5.41, 5.74) is 1.94. The van der Waals surface area contributed by atoms with E-state index >= 15 is 0 Å². The number of fused-ring (bicyclic) bond motifs is 1. The van der Waals surface area contributed by atoms with Crippen LogP contribution in [0.25, 0.3) is 10.9 Å². The maximum absolute atomic E-state index is 10.6. The number of nitrogens with zero attached hydrogens (tertiary/aromatic N) is 1. The summed E-state index contributed by atoms with van der Waals surface area (Å²) in [7, 11) is 0. The highest BCUT2D eigenvalue weighted by molar-refractivity contribution is 5.90. The zero-order valence-corrected chi connectivity index (χ0v) is 10.3. The third-order valence-corrected chi connectivity index (χ3v) is 2.81. The molecule has 94 valence electrons. The highest BCUT2D eigenvalue weighted by Gasteiger charge is 2.08. The van der Waals surface area contributed by atoms with Gasteiger partial charge in [-0.3, -0.25) is 9.78 Å². The Morgan fingerprint density at radius 1 is 1.39 bits per heavy atom. The van der Waals surface area contributed by atoms with Crippen molar-refractivity contribution in [2.24, 2.45) is 5.92 Å². The van der Waals surface area contributed by atoms with Gasteiger partial charge < -0.3 is 10.4 Å². The summed E-state index contributed by atoms with van der Waals surface area (Å²) >= 11 is 0. The van der Waals surface area contributed by atoms with E-state index in [0.717, 1.165) is 16.6 Å². The molecule has 4 heteroatoms. The van der Waals surface area contributed by atoms with E-state index in [9.17, 15) is 4.79 Å². The monoisotopic (exact) mass is 244 g/mol. The van der Waals surface area contributed by atoms with Crippen LogP contribution in [0, 0.1) is 5.92 Å². The smallest absolute Gasteiger partial charge is 0.303 e. The number of benzene rings is 1. The lowest BCUT2D eigenvalue weighted by Crippen LogP contribution is -2.15. The van der Waals surface area contributed by atoms with E-state index in [1.807, 2.05) is 37.3 Å². The topological polar surface area (TPSA) is 62.2 Å². The molecule has 4 nitrogen and oxygen atoms in total. The minimum absolute atomic E-state index is 0.0921. The lowest BCUT2D eigenvalue weighted by atomic mass is 10.1. The molecule has 0 aliphatic rings. The number of hydrogen-bond acceptors (Lipinski definition) is 3. The van der Waals surface area contributed by atoms with Gasteiger partial charge in [-0.15, -0.1) is 0 Å². The standard InChI is InChI=1S/C14H16N2O2/c1-10(8-14(17)18)9-16-13-6-7-15-12-5-3-2-4-11(12)13/h2-7,10H,8-9H2,1H3,(H,15,16)(H,17,18). The second-order valence-corrected chi connectivity index (χ2v) is 4.46. The molecule has 0 fully saturated rings. The van der Waals surface area contributed by atoms with E-state index < -0.39 is 5.97 Å². The van der Waals surface area contributed by atoms with Gasteiger partial charge in [-0.25, -0.2) is 0 Å². The Bertz CT molecular complexity index is 549. The van der Waals surface area contributed by atoms with Gasteiger partial charge in [0.15, 0.2) is 0 Å². The van der Waals surface area contributed by atoms with Crippen molar-refractivity contribution < 1.29 is 9.90 Å². The molecule has 2 aromatic rings. The van der Waals surface area contributed by atoms with Crippen LogP contribution in [0.3, 0.4) is 0 Å². The van der Waals surface area contributed by atoms with Crippen LogP contribution in [0.5, 0.6) is 0 Å². The van der Waals surface area contributed by atoms with Gasteiger partial charge in [-0.05, 0) is 18.1 Å². The van der Waals surface area contributed by atoms with E-state index in [1.54, 1.807) is 6.20 Å². The fourth-order valence-electron chi connectivity index (χ4n) is 1.90. The van der Waals surface area contributed by atoms with E-state index in [4.69, 9.17) is 5.11 Å². The van der Waals surface area contributed by atoms with Crippen LogP contribution >= 0.6 is 0 Å². The Morgan fingerprint density at radius 3 is 2.94 bits per heavy atom. The predicted octanol–water partition coefficient (Wildman–Crippen LogP) is 2.76. The van der Waals surface area contributed by atoms with Gasteiger partial charge in [0.05, 0.1) is 5.52 Å². The molecular weight excluding hydrogens is 228 g/mol. The molecule has 0 spiro atoms. The minimum atomic E-state index is -0.760. The molecule has 1 aromatic heterocycles. The molecule has 0 saturated carbocycles. The Labute approximate surface area is 106 Å². The quantitative estimate of drug-likeness (QED) is 0.849. The van der Waals surface area contributed by atoms with E-state index in [2.05, 4.69) is 10.3 Å². The first kappa shape index (κ1) is 12.4. The third kappa shape index (κ3) is 2.97. The fraction of sp³-hybridized carbons (Fsp3) is 0.286. The summed E-state index contributed by atoms with van der Waals surface area (Å²) in [6.45, 7) is 2.56. The van der Waals surface area contributed by atoms with Gasteiger partial charge in [-0.1, -0.05) is 25.1 Å². The molecule has 0 radical (unpaired) electrons. The number of carboxylic acid groups (broad SMARTS) is 1. The normalized spacial score (nSPS) is 12.3. The van der Waals surface area contributed by atoms with Gasteiger partial charge in [-0.2, -0.15) is 0 Å². The maximum Gasteiger partial charge on any atom is 0.303 e. The first-order valence-electron chi connectivity index (χ1n) is 5.96. The zero-order valence-electron chi connectivity index (χ0n) is 10.3. The van der Waals surface area contributed by atoms with Crippen LogP contribution in [0.15, 0.2) is 36.5 Å². The van der Waals surface area contributed by atoms with Crippen molar-refractivity contribution in [3.05, 3.63) is 36.5 Å². The van der Waals surface area contributed by atoms with Gasteiger partial charge in [0, 0.05) is 30.2 Å². The lowest BCUT2D eigenvalue weighted by molar-refractivity contribution is -0.137. The number of aliphatic carboxylic acids is 1. The van der Waals surface area contributed by atoms with Crippen molar-refractivity contribution in [2.75, 3.05) is 11.9 Å². The van der Waals surface area contributed by atoms with Crippen molar-refractivity contribution in [3.8, 4) is 0 Å². The van der Waals surface area contributed by atoms with Crippen molar-refractivity contribution in [3.63, 3.8) is 0 Å². The van der Waals surface area contributed by atoms with Crippen LogP contribution in [0.2, 0.25) is 0 Å². The van der Waals surface area contributed by atoms with E-state index in [-0.39, 0.29) is 12.3 Å². The van der Waals surface area contributed by atoms with Crippen molar-refractivity contribution in [2.45, 2.75) is 13.3 Å². The van der Waals surface area contributed by atoms with E-state index in [0.29, 0.717) is 6.54 Å². The van der Waals surface area contributed by atoms with Crippen LogP contribution < -0.4 is 5.32 Å². The predicted molar refractivity (Wildman–Crippen MR) is 71.6 cm³/mol. The SMILES string of the molecule is CC(CNc1ccnc2ccccc12)CC(=O)O. The summed E-state index contributed by atoms with van der Waals surface area (Å²) in [4.78, 5) is 14.9. The summed E-state index contributed by atoms with van der Waals surface area (Å²) in [5, 5.41) is 13.1. The molecule has 0 aliphatic carbocycles. The fourth-order valence-corrected chi connectivity index (χ4v) is 1.90. The summed E-state index contributed by atoms with van der Waals surface area (Å²) < 4.78 is 0. The molecule has 1 unspecified atom stereocenters. The van der Waals surface area contributed by atoms with Crippen molar-refractivity contribution in [1.29, 1.82) is 0 Å². The number of carboxylic acids is 1. The van der Waals surface area contributed by atoms with Crippen LogP contribution in [-0.4, -0.2) is 22.6 Å². The zero-order chi connectivity index (χ0) is 13.0.